The predicted molar refractivity (Wildman–Crippen MR) is 63.4 cm³/mol. The molecule has 1 N–H and O–H groups in total. The van der Waals surface area contributed by atoms with Crippen molar-refractivity contribution < 1.29 is 9.21 Å². The lowest BCUT2D eigenvalue weighted by Gasteiger charge is -2.04. The molecule has 94 valence electrons. The minimum absolute atomic E-state index is 0.0832. The van der Waals surface area contributed by atoms with Gasteiger partial charge in [-0.3, -0.25) is 10.1 Å². The SMILES string of the molecule is CC(C)C(=O)Nc1nnc(CC2CCCC2)o1. The van der Waals surface area contributed by atoms with E-state index >= 15 is 0 Å². The maximum atomic E-state index is 11.4. The number of aromatic nitrogens is 2. The van der Waals surface area contributed by atoms with Crippen LogP contribution in [0.2, 0.25) is 0 Å². The first-order valence-corrected chi connectivity index (χ1v) is 6.28. The molecule has 0 unspecified atom stereocenters. The van der Waals surface area contributed by atoms with Crippen LogP contribution in [0.25, 0.3) is 0 Å². The van der Waals surface area contributed by atoms with Crippen LogP contribution in [-0.2, 0) is 11.2 Å². The predicted octanol–water partition coefficient (Wildman–Crippen LogP) is 2.40. The number of hydrogen-bond acceptors (Lipinski definition) is 4. The van der Waals surface area contributed by atoms with Crippen LogP contribution in [0, 0.1) is 11.8 Å². The lowest BCUT2D eigenvalue weighted by Crippen LogP contribution is -2.17. The number of nitrogens with zero attached hydrogens (tertiary/aromatic N) is 2. The van der Waals surface area contributed by atoms with Gasteiger partial charge in [-0.05, 0) is 18.8 Å². The van der Waals surface area contributed by atoms with Crippen molar-refractivity contribution in [1.82, 2.24) is 10.2 Å². The molecule has 0 aromatic carbocycles. The van der Waals surface area contributed by atoms with Gasteiger partial charge >= 0.3 is 6.01 Å². The van der Waals surface area contributed by atoms with Crippen LogP contribution in [0.3, 0.4) is 0 Å². The number of hydrogen-bond donors (Lipinski definition) is 1. The Balaban J connectivity index is 1.89. The van der Waals surface area contributed by atoms with E-state index in [4.69, 9.17) is 4.42 Å². The lowest BCUT2D eigenvalue weighted by molar-refractivity contribution is -0.119. The Hall–Kier alpha value is -1.39. The van der Waals surface area contributed by atoms with Crippen LogP contribution in [0.5, 0.6) is 0 Å². The summed E-state index contributed by atoms with van der Waals surface area (Å²) in [5.41, 5.74) is 0. The molecular weight excluding hydrogens is 218 g/mol. The van der Waals surface area contributed by atoms with E-state index in [0.29, 0.717) is 11.8 Å². The molecule has 1 aliphatic rings. The van der Waals surface area contributed by atoms with Gasteiger partial charge in [-0.25, -0.2) is 0 Å². The van der Waals surface area contributed by atoms with Crippen LogP contribution >= 0.6 is 0 Å². The summed E-state index contributed by atoms with van der Waals surface area (Å²) in [5, 5.41) is 10.4. The average molecular weight is 237 g/mol. The molecule has 1 aliphatic carbocycles. The van der Waals surface area contributed by atoms with Gasteiger partial charge in [0.1, 0.15) is 0 Å². The van der Waals surface area contributed by atoms with Crippen molar-refractivity contribution in [3.63, 3.8) is 0 Å². The Kier molecular flexibility index (Phi) is 3.76. The van der Waals surface area contributed by atoms with Gasteiger partial charge < -0.3 is 4.42 Å². The average Bonchev–Trinajstić information content (AvgIpc) is 2.91. The normalized spacial score (nSPS) is 16.6. The molecule has 1 aromatic rings. The fourth-order valence-electron chi connectivity index (χ4n) is 2.10. The molecule has 1 fully saturated rings. The monoisotopic (exact) mass is 237 g/mol. The van der Waals surface area contributed by atoms with E-state index < -0.39 is 0 Å². The molecule has 1 aromatic heterocycles. The maximum Gasteiger partial charge on any atom is 0.322 e. The quantitative estimate of drug-likeness (QED) is 0.873. The summed E-state index contributed by atoms with van der Waals surface area (Å²) in [5.74, 6) is 1.13. The zero-order valence-corrected chi connectivity index (χ0v) is 10.4. The Labute approximate surface area is 101 Å². The number of rotatable bonds is 4. The Bertz CT molecular complexity index is 381. The van der Waals surface area contributed by atoms with E-state index in [0.717, 1.165) is 6.42 Å². The highest BCUT2D eigenvalue weighted by molar-refractivity contribution is 5.89. The van der Waals surface area contributed by atoms with E-state index in [9.17, 15) is 4.79 Å². The number of carbonyl (C=O) groups excluding carboxylic acids is 1. The number of anilines is 1. The van der Waals surface area contributed by atoms with Gasteiger partial charge in [-0.15, -0.1) is 5.10 Å². The fraction of sp³-hybridized carbons (Fsp3) is 0.750. The third-order valence-corrected chi connectivity index (χ3v) is 3.16. The van der Waals surface area contributed by atoms with Crippen molar-refractivity contribution in [1.29, 1.82) is 0 Å². The van der Waals surface area contributed by atoms with Crippen LogP contribution < -0.4 is 5.32 Å². The third kappa shape index (κ3) is 3.28. The molecule has 5 heteroatoms. The standard InChI is InChI=1S/C12H19N3O2/c1-8(2)11(16)13-12-15-14-10(17-12)7-9-5-3-4-6-9/h8-9H,3-7H2,1-2H3,(H,13,15,16). The van der Waals surface area contributed by atoms with Gasteiger partial charge in [0.2, 0.25) is 11.8 Å². The minimum atomic E-state index is -0.0962. The summed E-state index contributed by atoms with van der Waals surface area (Å²) < 4.78 is 5.41. The molecule has 2 rings (SSSR count). The van der Waals surface area contributed by atoms with Gasteiger partial charge in [-0.2, -0.15) is 0 Å². The second-order valence-corrected chi connectivity index (χ2v) is 5.00. The summed E-state index contributed by atoms with van der Waals surface area (Å²) in [7, 11) is 0. The molecular formula is C12H19N3O2. The first-order chi connectivity index (χ1) is 8.15. The Morgan fingerprint density at radius 1 is 1.41 bits per heavy atom. The highest BCUT2D eigenvalue weighted by Gasteiger charge is 2.19. The van der Waals surface area contributed by atoms with Gasteiger partial charge in [0, 0.05) is 12.3 Å². The molecule has 5 nitrogen and oxygen atoms in total. The molecule has 0 atom stereocenters. The van der Waals surface area contributed by atoms with Crippen molar-refractivity contribution >= 4 is 11.9 Å². The first kappa shape index (κ1) is 12.1. The van der Waals surface area contributed by atoms with Gasteiger partial charge in [0.15, 0.2) is 0 Å². The van der Waals surface area contributed by atoms with Gasteiger partial charge in [0.25, 0.3) is 0 Å². The van der Waals surface area contributed by atoms with Crippen molar-refractivity contribution in [3.05, 3.63) is 5.89 Å². The molecule has 1 amide bonds. The largest absolute Gasteiger partial charge is 0.408 e. The maximum absolute atomic E-state index is 11.4. The number of amides is 1. The lowest BCUT2D eigenvalue weighted by atomic mass is 10.0. The molecule has 0 aliphatic heterocycles. The van der Waals surface area contributed by atoms with Crippen molar-refractivity contribution in [2.24, 2.45) is 11.8 Å². The summed E-state index contributed by atoms with van der Waals surface area (Å²) in [6, 6.07) is 0.219. The number of nitrogens with one attached hydrogen (secondary N) is 1. The van der Waals surface area contributed by atoms with E-state index in [1.807, 2.05) is 13.8 Å². The Morgan fingerprint density at radius 2 is 2.12 bits per heavy atom. The summed E-state index contributed by atoms with van der Waals surface area (Å²) in [6.45, 7) is 3.65. The number of carbonyl (C=O) groups is 1. The topological polar surface area (TPSA) is 68.0 Å². The van der Waals surface area contributed by atoms with Crippen LogP contribution in [0.4, 0.5) is 6.01 Å². The molecule has 0 spiro atoms. The van der Waals surface area contributed by atoms with Gasteiger partial charge in [0.05, 0.1) is 0 Å². The smallest absolute Gasteiger partial charge is 0.322 e. The van der Waals surface area contributed by atoms with Crippen LogP contribution in [-0.4, -0.2) is 16.1 Å². The van der Waals surface area contributed by atoms with Crippen LogP contribution in [0.15, 0.2) is 4.42 Å². The van der Waals surface area contributed by atoms with Crippen molar-refractivity contribution in [2.45, 2.75) is 46.0 Å². The van der Waals surface area contributed by atoms with E-state index in [2.05, 4.69) is 15.5 Å². The molecule has 1 heterocycles. The molecule has 0 saturated heterocycles. The van der Waals surface area contributed by atoms with Crippen molar-refractivity contribution in [3.8, 4) is 0 Å². The first-order valence-electron chi connectivity index (χ1n) is 6.28. The molecule has 0 bridgehead atoms. The van der Waals surface area contributed by atoms with E-state index in [1.165, 1.54) is 25.7 Å². The van der Waals surface area contributed by atoms with E-state index in [1.54, 1.807) is 0 Å². The fourth-order valence-corrected chi connectivity index (χ4v) is 2.10. The molecule has 17 heavy (non-hydrogen) atoms. The molecule has 0 radical (unpaired) electrons. The Morgan fingerprint density at radius 3 is 2.76 bits per heavy atom. The summed E-state index contributed by atoms with van der Waals surface area (Å²) >= 11 is 0. The van der Waals surface area contributed by atoms with E-state index in [-0.39, 0.29) is 17.8 Å². The molecule has 1 saturated carbocycles. The van der Waals surface area contributed by atoms with Crippen LogP contribution in [0.1, 0.15) is 45.4 Å². The highest BCUT2D eigenvalue weighted by Crippen LogP contribution is 2.27. The van der Waals surface area contributed by atoms with Gasteiger partial charge in [-0.1, -0.05) is 31.8 Å². The summed E-state index contributed by atoms with van der Waals surface area (Å²) in [4.78, 5) is 11.4. The third-order valence-electron chi connectivity index (χ3n) is 3.16. The second kappa shape index (κ2) is 5.29. The highest BCUT2D eigenvalue weighted by atomic mass is 16.4. The zero-order valence-electron chi connectivity index (χ0n) is 10.4. The zero-order chi connectivity index (χ0) is 12.3. The van der Waals surface area contributed by atoms with Crippen molar-refractivity contribution in [2.75, 3.05) is 5.32 Å². The summed E-state index contributed by atoms with van der Waals surface area (Å²) in [6.07, 6.45) is 5.93. The minimum Gasteiger partial charge on any atom is -0.408 e. The second-order valence-electron chi connectivity index (χ2n) is 5.00.